The maximum atomic E-state index is 13.0. The van der Waals surface area contributed by atoms with E-state index in [1.165, 1.54) is 6.07 Å². The maximum Gasteiger partial charge on any atom is 0.416 e. The molecule has 1 aliphatic carbocycles. The lowest BCUT2D eigenvalue weighted by atomic mass is 9.79. The van der Waals surface area contributed by atoms with E-state index < -0.39 is 29.2 Å². The normalized spacial score (nSPS) is 25.5. The average molecular weight is 563 g/mol. The fraction of sp³-hybridized carbons (Fsp3) is 0.552. The van der Waals surface area contributed by atoms with Crippen molar-refractivity contribution in [2.24, 2.45) is 0 Å². The average Bonchev–Trinajstić information content (AvgIpc) is 3.33. The van der Waals surface area contributed by atoms with Crippen molar-refractivity contribution >= 4 is 11.8 Å². The zero-order valence-corrected chi connectivity index (χ0v) is 22.8. The first-order valence-corrected chi connectivity index (χ1v) is 13.7. The molecule has 1 aromatic carbocycles. The summed E-state index contributed by atoms with van der Waals surface area (Å²) in [7, 11) is 0. The van der Waals surface area contributed by atoms with Crippen LogP contribution in [0.25, 0.3) is 0 Å². The van der Waals surface area contributed by atoms with Gasteiger partial charge in [-0.25, -0.2) is 0 Å². The highest BCUT2D eigenvalue weighted by molar-refractivity contribution is 5.96. The van der Waals surface area contributed by atoms with Crippen LogP contribution in [0.4, 0.5) is 13.2 Å². The van der Waals surface area contributed by atoms with Gasteiger partial charge in [0.1, 0.15) is 5.60 Å². The Hall–Kier alpha value is -3.02. The van der Waals surface area contributed by atoms with Gasteiger partial charge in [0.2, 0.25) is 5.91 Å². The summed E-state index contributed by atoms with van der Waals surface area (Å²) in [4.78, 5) is 31.8. The summed E-state index contributed by atoms with van der Waals surface area (Å²) in [6, 6.07) is 7.84. The number of ether oxygens (including phenoxy) is 1. The number of aliphatic hydroxyl groups is 1. The molecule has 0 bridgehead atoms. The van der Waals surface area contributed by atoms with Crippen LogP contribution in [0.1, 0.15) is 66.2 Å². The van der Waals surface area contributed by atoms with Gasteiger partial charge in [-0.05, 0) is 68.9 Å². The van der Waals surface area contributed by atoms with Crippen molar-refractivity contribution < 1.29 is 32.6 Å². The molecule has 2 aromatic rings. The van der Waals surface area contributed by atoms with E-state index in [0.29, 0.717) is 38.2 Å². The van der Waals surface area contributed by atoms with Gasteiger partial charge in [-0.3, -0.25) is 19.5 Å². The van der Waals surface area contributed by atoms with Crippen molar-refractivity contribution in [3.63, 3.8) is 0 Å². The number of likely N-dealkylation sites (tertiary alicyclic amines) is 1. The number of carbonyl (C=O) groups excluding carboxylic acids is 2. The number of nitrogens with zero attached hydrogens (tertiary/aromatic N) is 2. The van der Waals surface area contributed by atoms with E-state index >= 15 is 0 Å². The Morgan fingerprint density at radius 3 is 2.58 bits per heavy atom. The van der Waals surface area contributed by atoms with Crippen molar-refractivity contribution in [2.45, 2.75) is 75.9 Å². The predicted octanol–water partition coefficient (Wildman–Crippen LogP) is 3.56. The number of carbonyl (C=O) groups is 2. The third-order valence-electron chi connectivity index (χ3n) is 7.73. The van der Waals surface area contributed by atoms with Crippen LogP contribution in [0.2, 0.25) is 0 Å². The molecular formula is C29H37F3N4O4. The van der Waals surface area contributed by atoms with Gasteiger partial charge >= 0.3 is 6.18 Å². The molecule has 2 aliphatic rings. The van der Waals surface area contributed by atoms with Crippen LogP contribution in [-0.2, 0) is 21.3 Å². The number of hydrogen-bond acceptors (Lipinski definition) is 6. The third kappa shape index (κ3) is 7.38. The van der Waals surface area contributed by atoms with E-state index in [-0.39, 0.29) is 30.3 Å². The molecule has 11 heteroatoms. The Bertz CT molecular complexity index is 1170. The quantitative estimate of drug-likeness (QED) is 0.432. The number of halogens is 3. The zero-order valence-electron chi connectivity index (χ0n) is 22.8. The Morgan fingerprint density at radius 2 is 1.93 bits per heavy atom. The molecule has 1 aliphatic heterocycles. The molecule has 1 saturated carbocycles. The number of amides is 2. The minimum absolute atomic E-state index is 0.170. The smallest absolute Gasteiger partial charge is 0.384 e. The monoisotopic (exact) mass is 562 g/mol. The second kappa shape index (κ2) is 12.7. The zero-order chi connectivity index (χ0) is 28.9. The summed E-state index contributed by atoms with van der Waals surface area (Å²) in [5.41, 5.74) is -0.313. The van der Waals surface area contributed by atoms with Gasteiger partial charge in [-0.15, -0.1) is 0 Å². The topological polar surface area (TPSA) is 104 Å². The van der Waals surface area contributed by atoms with E-state index in [9.17, 15) is 27.9 Å². The van der Waals surface area contributed by atoms with Crippen molar-refractivity contribution in [1.82, 2.24) is 20.5 Å². The molecule has 0 spiro atoms. The van der Waals surface area contributed by atoms with E-state index in [1.807, 2.05) is 26.0 Å². The fourth-order valence-corrected chi connectivity index (χ4v) is 5.48. The number of benzene rings is 1. The summed E-state index contributed by atoms with van der Waals surface area (Å²) in [6.07, 6.45) is 0.523. The summed E-state index contributed by atoms with van der Waals surface area (Å²) in [5, 5.41) is 16.6. The number of aromatic nitrogens is 1. The first-order chi connectivity index (χ1) is 19.0. The van der Waals surface area contributed by atoms with Crippen molar-refractivity contribution in [3.8, 4) is 0 Å². The first-order valence-electron chi connectivity index (χ1n) is 13.7. The van der Waals surface area contributed by atoms with Crippen molar-refractivity contribution in [3.05, 3.63) is 65.0 Å². The molecule has 2 amide bonds. The molecule has 8 nitrogen and oxygen atoms in total. The lowest BCUT2D eigenvalue weighted by molar-refractivity contribution is -0.137. The third-order valence-corrected chi connectivity index (χ3v) is 7.73. The lowest BCUT2D eigenvalue weighted by Gasteiger charge is -2.39. The molecule has 1 saturated heterocycles. The number of hydrogen-bond donors (Lipinski definition) is 3. The largest absolute Gasteiger partial charge is 0.416 e. The Kier molecular flexibility index (Phi) is 9.48. The number of aryl methyl sites for hydroxylation is 1. The van der Waals surface area contributed by atoms with E-state index in [4.69, 9.17) is 4.74 Å². The second-order valence-electron chi connectivity index (χ2n) is 10.8. The highest BCUT2D eigenvalue weighted by atomic mass is 19.4. The SMILES string of the molecule is CCCOC1CN(C2CCC(O)(c3ccc(C)cn3)CC2)CC1NC(=O)CNC(=O)c1cccc(C(F)(F)F)c1. The second-order valence-corrected chi connectivity index (χ2v) is 10.8. The van der Waals surface area contributed by atoms with Gasteiger partial charge in [0, 0.05) is 37.5 Å². The van der Waals surface area contributed by atoms with E-state index in [1.54, 1.807) is 6.20 Å². The van der Waals surface area contributed by atoms with Gasteiger partial charge in [0.05, 0.1) is 29.9 Å². The van der Waals surface area contributed by atoms with E-state index in [2.05, 4.69) is 20.5 Å². The maximum absolute atomic E-state index is 13.0. The summed E-state index contributed by atoms with van der Waals surface area (Å²) < 4.78 is 44.9. The molecule has 3 N–H and O–H groups in total. The minimum atomic E-state index is -4.57. The Morgan fingerprint density at radius 1 is 1.18 bits per heavy atom. The number of pyridine rings is 1. The summed E-state index contributed by atoms with van der Waals surface area (Å²) in [5.74, 6) is -1.20. The van der Waals surface area contributed by atoms with Crippen LogP contribution in [0.5, 0.6) is 0 Å². The molecule has 2 unspecified atom stereocenters. The summed E-state index contributed by atoms with van der Waals surface area (Å²) in [6.45, 7) is 5.33. The molecule has 2 atom stereocenters. The van der Waals surface area contributed by atoms with Crippen LogP contribution < -0.4 is 10.6 Å². The molecule has 2 fully saturated rings. The Labute approximate surface area is 232 Å². The number of rotatable bonds is 9. The molecule has 1 aromatic heterocycles. The molecule has 218 valence electrons. The minimum Gasteiger partial charge on any atom is -0.384 e. The van der Waals surface area contributed by atoms with Crippen LogP contribution in [0, 0.1) is 6.92 Å². The van der Waals surface area contributed by atoms with Crippen LogP contribution >= 0.6 is 0 Å². The summed E-state index contributed by atoms with van der Waals surface area (Å²) >= 11 is 0. The standard InChI is InChI=1S/C29H37F3N4O4/c1-3-13-40-24-18-36(22-9-11-28(39,12-10-22)25-8-7-19(2)15-33-25)17-23(24)35-26(37)16-34-27(38)20-5-4-6-21(14-20)29(30,31)32/h4-8,14-15,22-24,39H,3,9-13,16-18H2,1-2H3,(H,34,38)(H,35,37). The fourth-order valence-electron chi connectivity index (χ4n) is 5.48. The van der Waals surface area contributed by atoms with Crippen molar-refractivity contribution in [2.75, 3.05) is 26.2 Å². The number of nitrogens with one attached hydrogen (secondary N) is 2. The Balaban J connectivity index is 1.31. The molecule has 4 rings (SSSR count). The van der Waals surface area contributed by atoms with Gasteiger partial charge < -0.3 is 20.5 Å². The van der Waals surface area contributed by atoms with Gasteiger partial charge in [0.15, 0.2) is 0 Å². The lowest BCUT2D eigenvalue weighted by Crippen LogP contribution is -2.48. The molecule has 0 radical (unpaired) electrons. The van der Waals surface area contributed by atoms with Gasteiger partial charge in [-0.1, -0.05) is 19.1 Å². The van der Waals surface area contributed by atoms with E-state index in [0.717, 1.165) is 43.0 Å². The van der Waals surface area contributed by atoms with Crippen LogP contribution in [-0.4, -0.2) is 71.2 Å². The van der Waals surface area contributed by atoms with Gasteiger partial charge in [-0.2, -0.15) is 13.2 Å². The first kappa shape index (κ1) is 30.0. The molecule has 2 heterocycles. The number of alkyl halides is 3. The van der Waals surface area contributed by atoms with Crippen LogP contribution in [0.15, 0.2) is 42.6 Å². The molecular weight excluding hydrogens is 525 g/mol. The van der Waals surface area contributed by atoms with Crippen molar-refractivity contribution in [1.29, 1.82) is 0 Å². The highest BCUT2D eigenvalue weighted by Gasteiger charge is 2.42. The van der Waals surface area contributed by atoms with Gasteiger partial charge in [0.25, 0.3) is 5.91 Å². The van der Waals surface area contributed by atoms with Crippen LogP contribution in [0.3, 0.4) is 0 Å². The highest BCUT2D eigenvalue weighted by Crippen LogP contribution is 2.38. The predicted molar refractivity (Wildman–Crippen MR) is 142 cm³/mol. The molecule has 40 heavy (non-hydrogen) atoms.